The highest BCUT2D eigenvalue weighted by Crippen LogP contribution is 2.67. The quantitative estimate of drug-likeness (QED) is 0.487. The van der Waals surface area contributed by atoms with E-state index in [1.807, 2.05) is 12.1 Å². The summed E-state index contributed by atoms with van der Waals surface area (Å²) < 4.78 is 5.61. The third kappa shape index (κ3) is 3.67. The molecule has 3 aliphatic carbocycles. The summed E-state index contributed by atoms with van der Waals surface area (Å²) in [7, 11) is 0. The van der Waals surface area contributed by atoms with Crippen molar-refractivity contribution in [3.05, 3.63) is 28.8 Å². The summed E-state index contributed by atoms with van der Waals surface area (Å²) in [6, 6.07) is 3.08. The number of aliphatic carboxylic acids is 1. The fourth-order valence-electron chi connectivity index (χ4n) is 8.08. The standard InChI is InChI=1S/C27H39NO4/c1-16-13-18(32-24(31)19(28)7-8-22(29)30)14-17-15-21-26(4)11-6-10-25(2,3)20(26)9-12-27(21,5)23(16)17/h13-14,19-21H,6-12,15,28H2,1-5H3,(H,29,30)/t19?,20?,21-,26+,27?/m1/s1. The Morgan fingerprint density at radius 1 is 1.16 bits per heavy atom. The molecule has 32 heavy (non-hydrogen) atoms. The van der Waals surface area contributed by atoms with Crippen LogP contribution in [0.5, 0.6) is 5.75 Å². The Hall–Kier alpha value is -1.88. The van der Waals surface area contributed by atoms with E-state index in [4.69, 9.17) is 15.6 Å². The second-order valence-corrected chi connectivity index (χ2v) is 11.8. The summed E-state index contributed by atoms with van der Waals surface area (Å²) in [5, 5.41) is 8.83. The van der Waals surface area contributed by atoms with Crippen LogP contribution in [0.3, 0.4) is 0 Å². The third-order valence-corrected chi connectivity index (χ3v) is 9.37. The van der Waals surface area contributed by atoms with Crippen LogP contribution < -0.4 is 10.5 Å². The Morgan fingerprint density at radius 3 is 2.56 bits per heavy atom. The molecule has 3 aliphatic rings. The minimum absolute atomic E-state index is 0.0771. The van der Waals surface area contributed by atoms with Crippen LogP contribution in [-0.4, -0.2) is 23.1 Å². The maximum absolute atomic E-state index is 12.4. The van der Waals surface area contributed by atoms with Crippen LogP contribution in [-0.2, 0) is 21.4 Å². The average molecular weight is 442 g/mol. The number of rotatable bonds is 5. The first-order chi connectivity index (χ1) is 14.9. The summed E-state index contributed by atoms with van der Waals surface area (Å²) >= 11 is 0. The first kappa shape index (κ1) is 23.3. The molecule has 1 aromatic rings. The summed E-state index contributed by atoms with van der Waals surface area (Å²) in [5.41, 5.74) is 10.7. The summed E-state index contributed by atoms with van der Waals surface area (Å²) in [6.45, 7) is 12.1. The number of fused-ring (bicyclic) bond motifs is 5. The lowest BCUT2D eigenvalue weighted by atomic mass is 9.43. The molecule has 5 atom stereocenters. The van der Waals surface area contributed by atoms with Crippen molar-refractivity contribution < 1.29 is 19.4 Å². The van der Waals surface area contributed by atoms with Crippen LogP contribution in [0, 0.1) is 29.6 Å². The molecule has 0 aliphatic heterocycles. The number of esters is 1. The number of carboxylic acid groups (broad SMARTS) is 1. The Morgan fingerprint density at radius 2 is 1.88 bits per heavy atom. The average Bonchev–Trinajstić information content (AvgIpc) is 2.99. The van der Waals surface area contributed by atoms with E-state index < -0.39 is 18.0 Å². The molecule has 4 rings (SSSR count). The van der Waals surface area contributed by atoms with Gasteiger partial charge in [0.25, 0.3) is 0 Å². The first-order valence-electron chi connectivity index (χ1n) is 12.2. The van der Waals surface area contributed by atoms with Crippen LogP contribution in [0.15, 0.2) is 12.1 Å². The monoisotopic (exact) mass is 441 g/mol. The summed E-state index contributed by atoms with van der Waals surface area (Å²) in [4.78, 5) is 23.2. The minimum atomic E-state index is -0.963. The van der Waals surface area contributed by atoms with Crippen LogP contribution in [0.1, 0.15) is 89.3 Å². The highest BCUT2D eigenvalue weighted by Gasteiger charge is 2.61. The fraction of sp³-hybridized carbons (Fsp3) is 0.704. The van der Waals surface area contributed by atoms with Crippen molar-refractivity contribution in [1.29, 1.82) is 0 Å². The number of aryl methyl sites for hydroxylation is 1. The van der Waals surface area contributed by atoms with E-state index in [-0.39, 0.29) is 18.3 Å². The van der Waals surface area contributed by atoms with Crippen LogP contribution in [0.25, 0.3) is 0 Å². The lowest BCUT2D eigenvalue weighted by molar-refractivity contribution is -0.138. The van der Waals surface area contributed by atoms with E-state index in [2.05, 4.69) is 34.6 Å². The predicted molar refractivity (Wildman–Crippen MR) is 125 cm³/mol. The highest BCUT2D eigenvalue weighted by atomic mass is 16.5. The van der Waals surface area contributed by atoms with Gasteiger partial charge in [0.2, 0.25) is 0 Å². The number of ether oxygens (including phenoxy) is 1. The Labute approximate surface area is 192 Å². The Kier molecular flexibility index (Phi) is 5.72. The number of carbonyl (C=O) groups excluding carboxylic acids is 1. The molecule has 0 saturated heterocycles. The van der Waals surface area contributed by atoms with E-state index in [0.717, 1.165) is 12.3 Å². The lowest BCUT2D eigenvalue weighted by Gasteiger charge is -2.61. The van der Waals surface area contributed by atoms with Crippen molar-refractivity contribution >= 4 is 11.9 Å². The van der Waals surface area contributed by atoms with Crippen molar-refractivity contribution in [2.24, 2.45) is 28.4 Å². The maximum atomic E-state index is 12.4. The number of hydrogen-bond acceptors (Lipinski definition) is 4. The van der Waals surface area contributed by atoms with Gasteiger partial charge in [0, 0.05) is 6.42 Å². The molecule has 1 aromatic carbocycles. The summed E-state index contributed by atoms with van der Waals surface area (Å²) in [5.74, 6) is 0.361. The molecule has 0 heterocycles. The SMILES string of the molecule is Cc1cc(OC(=O)C(N)CCC(=O)O)cc2c1C1(C)CCC3C(C)(C)CCC[C@]3(C)[C@H]1C2. The van der Waals surface area contributed by atoms with Crippen LogP contribution >= 0.6 is 0 Å². The molecule has 3 unspecified atom stereocenters. The fourth-order valence-corrected chi connectivity index (χ4v) is 8.08. The lowest BCUT2D eigenvalue weighted by Crippen LogP contribution is -2.55. The molecule has 0 amide bonds. The van der Waals surface area contributed by atoms with Gasteiger partial charge in [-0.15, -0.1) is 0 Å². The number of benzene rings is 1. The molecular formula is C27H39NO4. The molecule has 2 fully saturated rings. The molecule has 176 valence electrons. The molecule has 3 N–H and O–H groups in total. The zero-order valence-corrected chi connectivity index (χ0v) is 20.3. The molecule has 0 radical (unpaired) electrons. The summed E-state index contributed by atoms with van der Waals surface area (Å²) in [6.07, 6.45) is 7.40. The first-order valence-corrected chi connectivity index (χ1v) is 12.2. The van der Waals surface area contributed by atoms with E-state index in [1.54, 1.807) is 0 Å². The molecule has 5 heteroatoms. The van der Waals surface area contributed by atoms with E-state index in [0.29, 0.717) is 22.5 Å². The highest BCUT2D eigenvalue weighted by molar-refractivity contribution is 5.79. The molecule has 2 saturated carbocycles. The smallest absolute Gasteiger partial charge is 0.328 e. The van der Waals surface area contributed by atoms with Crippen molar-refractivity contribution in [2.75, 3.05) is 0 Å². The van der Waals surface area contributed by atoms with Gasteiger partial charge in [-0.05, 0) is 102 Å². The third-order valence-electron chi connectivity index (χ3n) is 9.37. The van der Waals surface area contributed by atoms with E-state index >= 15 is 0 Å². The Bertz CT molecular complexity index is 938. The predicted octanol–water partition coefficient (Wildman–Crippen LogP) is 5.15. The second-order valence-electron chi connectivity index (χ2n) is 11.8. The number of carbonyl (C=O) groups is 2. The van der Waals surface area contributed by atoms with Gasteiger partial charge in [-0.2, -0.15) is 0 Å². The van der Waals surface area contributed by atoms with Crippen molar-refractivity contribution in [3.8, 4) is 5.75 Å². The second kappa shape index (κ2) is 7.86. The normalized spacial score (nSPS) is 33.6. The van der Waals surface area contributed by atoms with Gasteiger partial charge >= 0.3 is 11.9 Å². The van der Waals surface area contributed by atoms with Crippen molar-refractivity contribution in [1.82, 2.24) is 0 Å². The van der Waals surface area contributed by atoms with Gasteiger partial charge in [0.15, 0.2) is 0 Å². The maximum Gasteiger partial charge on any atom is 0.328 e. The van der Waals surface area contributed by atoms with Gasteiger partial charge < -0.3 is 15.6 Å². The number of hydrogen-bond donors (Lipinski definition) is 2. The minimum Gasteiger partial charge on any atom is -0.481 e. The van der Waals surface area contributed by atoms with Gasteiger partial charge in [-0.1, -0.05) is 34.1 Å². The Balaban J connectivity index is 1.60. The van der Waals surface area contributed by atoms with Gasteiger partial charge in [-0.3, -0.25) is 4.79 Å². The van der Waals surface area contributed by atoms with E-state index in [1.165, 1.54) is 48.8 Å². The van der Waals surface area contributed by atoms with Crippen LogP contribution in [0.2, 0.25) is 0 Å². The van der Waals surface area contributed by atoms with Crippen LogP contribution in [0.4, 0.5) is 0 Å². The topological polar surface area (TPSA) is 89.6 Å². The van der Waals surface area contributed by atoms with Gasteiger partial charge in [0.05, 0.1) is 0 Å². The molecule has 5 nitrogen and oxygen atoms in total. The van der Waals surface area contributed by atoms with Crippen molar-refractivity contribution in [2.45, 2.75) is 97.4 Å². The molecule has 0 bridgehead atoms. The number of nitrogens with two attached hydrogens (primary N) is 1. The van der Waals surface area contributed by atoms with E-state index in [9.17, 15) is 9.59 Å². The van der Waals surface area contributed by atoms with Gasteiger partial charge in [0.1, 0.15) is 11.8 Å². The zero-order chi connectivity index (χ0) is 23.5. The molecule has 0 aromatic heterocycles. The largest absolute Gasteiger partial charge is 0.481 e. The van der Waals surface area contributed by atoms with Gasteiger partial charge in [-0.25, -0.2) is 4.79 Å². The zero-order valence-electron chi connectivity index (χ0n) is 20.3. The molecular weight excluding hydrogens is 402 g/mol. The van der Waals surface area contributed by atoms with Crippen molar-refractivity contribution in [3.63, 3.8) is 0 Å². The number of carboxylic acids is 1. The molecule has 0 spiro atoms.